The predicted molar refractivity (Wildman–Crippen MR) is 49.7 cm³/mol. The lowest BCUT2D eigenvalue weighted by atomic mass is 10.2. The smallest absolute Gasteiger partial charge is 0.212 e. The second-order valence-electron chi connectivity index (χ2n) is 2.58. The summed E-state index contributed by atoms with van der Waals surface area (Å²) in [6, 6.07) is 6.03. The Kier molecular flexibility index (Phi) is 3.27. The van der Waals surface area contributed by atoms with Gasteiger partial charge >= 0.3 is 0 Å². The third kappa shape index (κ3) is 3.74. The molecule has 1 aromatic carbocycles. The van der Waals surface area contributed by atoms with Crippen molar-refractivity contribution in [2.75, 3.05) is 5.75 Å². The maximum Gasteiger partial charge on any atom is 0.232 e. The lowest BCUT2D eigenvalue weighted by molar-refractivity contribution is 0.601. The lowest BCUT2D eigenvalue weighted by Crippen LogP contribution is -2.02. The van der Waals surface area contributed by atoms with Gasteiger partial charge in [0.25, 0.3) is 0 Å². The van der Waals surface area contributed by atoms with Gasteiger partial charge in [-0.3, -0.25) is 0 Å². The fourth-order valence-electron chi connectivity index (χ4n) is 0.933. The Morgan fingerprint density at radius 3 is 2.46 bits per heavy atom. The van der Waals surface area contributed by atoms with Crippen LogP contribution in [0.1, 0.15) is 5.56 Å². The van der Waals surface area contributed by atoms with Crippen molar-refractivity contribution >= 4 is 19.7 Å². The summed E-state index contributed by atoms with van der Waals surface area (Å²) in [6.45, 7) is 0. The number of hydrogen-bond acceptors (Lipinski definition) is 2. The van der Waals surface area contributed by atoms with Crippen LogP contribution in [0, 0.1) is 5.82 Å². The molecule has 5 heteroatoms. The highest BCUT2D eigenvalue weighted by Gasteiger charge is 2.07. The van der Waals surface area contributed by atoms with Crippen molar-refractivity contribution in [3.8, 4) is 0 Å². The molecule has 0 amide bonds. The summed E-state index contributed by atoms with van der Waals surface area (Å²) in [5, 5.41) is 0. The Hall–Kier alpha value is -0.610. The molecule has 0 bridgehead atoms. The van der Waals surface area contributed by atoms with Gasteiger partial charge in [-0.1, -0.05) is 18.2 Å². The first-order valence-corrected chi connectivity index (χ1v) is 6.12. The van der Waals surface area contributed by atoms with Crippen LogP contribution in [0.3, 0.4) is 0 Å². The summed E-state index contributed by atoms with van der Waals surface area (Å²) in [5.74, 6) is -0.641. The summed E-state index contributed by atoms with van der Waals surface area (Å²) in [7, 11) is 1.45. The van der Waals surface area contributed by atoms with E-state index >= 15 is 0 Å². The number of hydrogen-bond donors (Lipinski definition) is 0. The molecule has 0 fully saturated rings. The molecule has 0 aliphatic heterocycles. The molecule has 13 heavy (non-hydrogen) atoms. The molecule has 2 nitrogen and oxygen atoms in total. The zero-order valence-corrected chi connectivity index (χ0v) is 8.28. The second-order valence-corrected chi connectivity index (χ2v) is 5.48. The summed E-state index contributed by atoms with van der Waals surface area (Å²) in [6.07, 6.45) is 0.110. The highest BCUT2D eigenvalue weighted by atomic mass is 35.7. The molecule has 72 valence electrons. The maximum absolute atomic E-state index is 12.9. The SMILES string of the molecule is O=S(=O)(Cl)CCc1ccccc1F. The molecule has 0 N–H and O–H groups in total. The minimum Gasteiger partial charge on any atom is -0.212 e. The summed E-state index contributed by atoms with van der Waals surface area (Å²) >= 11 is 0. The zero-order chi connectivity index (χ0) is 9.90. The van der Waals surface area contributed by atoms with Gasteiger partial charge in [0, 0.05) is 10.7 Å². The van der Waals surface area contributed by atoms with E-state index in [1.54, 1.807) is 12.1 Å². The van der Waals surface area contributed by atoms with Gasteiger partial charge in [0.2, 0.25) is 9.05 Å². The first kappa shape index (κ1) is 10.5. The van der Waals surface area contributed by atoms with E-state index in [2.05, 4.69) is 0 Å². The van der Waals surface area contributed by atoms with Crippen LogP contribution in [0.25, 0.3) is 0 Å². The van der Waals surface area contributed by atoms with E-state index in [0.717, 1.165) is 0 Å². The molecule has 1 aromatic rings. The minimum absolute atomic E-state index is 0.110. The van der Waals surface area contributed by atoms with Gasteiger partial charge < -0.3 is 0 Å². The lowest BCUT2D eigenvalue weighted by Gasteiger charge is -1.99. The molecular weight excluding hydrogens is 215 g/mol. The number of rotatable bonds is 3. The minimum atomic E-state index is -3.53. The Labute approximate surface area is 80.8 Å². The van der Waals surface area contributed by atoms with Crippen molar-refractivity contribution in [2.45, 2.75) is 6.42 Å². The zero-order valence-electron chi connectivity index (χ0n) is 6.70. The van der Waals surface area contributed by atoms with Crippen LogP contribution < -0.4 is 0 Å². The van der Waals surface area contributed by atoms with Crippen molar-refractivity contribution in [1.29, 1.82) is 0 Å². The van der Waals surface area contributed by atoms with Gasteiger partial charge in [0.1, 0.15) is 5.82 Å². The van der Waals surface area contributed by atoms with Crippen LogP contribution in [0.5, 0.6) is 0 Å². The third-order valence-electron chi connectivity index (χ3n) is 1.57. The normalized spacial score (nSPS) is 11.5. The van der Waals surface area contributed by atoms with Crippen molar-refractivity contribution in [3.05, 3.63) is 35.6 Å². The van der Waals surface area contributed by atoms with Crippen LogP contribution in [0.4, 0.5) is 4.39 Å². The van der Waals surface area contributed by atoms with Gasteiger partial charge in [-0.2, -0.15) is 0 Å². The first-order chi connectivity index (χ1) is 5.99. The molecule has 0 saturated carbocycles. The second kappa shape index (κ2) is 4.07. The summed E-state index contributed by atoms with van der Waals surface area (Å²) < 4.78 is 34.0. The Morgan fingerprint density at radius 1 is 1.31 bits per heavy atom. The quantitative estimate of drug-likeness (QED) is 0.733. The summed E-state index contributed by atoms with van der Waals surface area (Å²) in [5.41, 5.74) is 0.367. The van der Waals surface area contributed by atoms with Crippen molar-refractivity contribution in [3.63, 3.8) is 0 Å². The van der Waals surface area contributed by atoms with E-state index in [-0.39, 0.29) is 12.2 Å². The molecular formula is C8H8ClFO2S. The van der Waals surface area contributed by atoms with Crippen molar-refractivity contribution < 1.29 is 12.8 Å². The van der Waals surface area contributed by atoms with Crippen molar-refractivity contribution in [1.82, 2.24) is 0 Å². The molecule has 0 aliphatic rings. The Balaban J connectivity index is 2.71. The topological polar surface area (TPSA) is 34.1 Å². The predicted octanol–water partition coefficient (Wildman–Crippen LogP) is 1.94. The molecule has 0 aromatic heterocycles. The average Bonchev–Trinajstić information content (AvgIpc) is 2.01. The summed E-state index contributed by atoms with van der Waals surface area (Å²) in [4.78, 5) is 0. The third-order valence-corrected chi connectivity index (χ3v) is 2.73. The van der Waals surface area contributed by atoms with E-state index in [0.29, 0.717) is 5.56 Å². The number of aryl methyl sites for hydroxylation is 1. The van der Waals surface area contributed by atoms with Gasteiger partial charge in [-0.05, 0) is 18.1 Å². The highest BCUT2D eigenvalue weighted by molar-refractivity contribution is 8.13. The molecule has 0 radical (unpaired) electrons. The fraction of sp³-hybridized carbons (Fsp3) is 0.250. The molecule has 0 saturated heterocycles. The van der Waals surface area contributed by atoms with E-state index in [9.17, 15) is 12.8 Å². The molecule has 0 aliphatic carbocycles. The molecule has 0 heterocycles. The van der Waals surface area contributed by atoms with Gasteiger partial charge in [-0.25, -0.2) is 12.8 Å². The largest absolute Gasteiger partial charge is 0.232 e. The molecule has 0 spiro atoms. The average molecular weight is 223 g/mol. The van der Waals surface area contributed by atoms with Gasteiger partial charge in [0.15, 0.2) is 0 Å². The van der Waals surface area contributed by atoms with Gasteiger partial charge in [-0.15, -0.1) is 0 Å². The molecule has 0 atom stereocenters. The number of halogens is 2. The van der Waals surface area contributed by atoms with Crippen LogP contribution in [-0.2, 0) is 15.5 Å². The van der Waals surface area contributed by atoms with Gasteiger partial charge in [0.05, 0.1) is 5.75 Å². The Morgan fingerprint density at radius 2 is 1.92 bits per heavy atom. The first-order valence-electron chi connectivity index (χ1n) is 3.65. The number of benzene rings is 1. The molecule has 0 unspecified atom stereocenters. The van der Waals surface area contributed by atoms with Crippen LogP contribution in [0.15, 0.2) is 24.3 Å². The van der Waals surface area contributed by atoms with Crippen LogP contribution in [-0.4, -0.2) is 14.2 Å². The van der Waals surface area contributed by atoms with E-state index < -0.39 is 14.9 Å². The Bertz CT molecular complexity index is 389. The highest BCUT2D eigenvalue weighted by Crippen LogP contribution is 2.09. The van der Waals surface area contributed by atoms with Crippen molar-refractivity contribution in [2.24, 2.45) is 0 Å². The van der Waals surface area contributed by atoms with Crippen LogP contribution >= 0.6 is 10.7 Å². The van der Waals surface area contributed by atoms with E-state index in [4.69, 9.17) is 10.7 Å². The van der Waals surface area contributed by atoms with Crippen LogP contribution in [0.2, 0.25) is 0 Å². The molecule has 1 rings (SSSR count). The monoisotopic (exact) mass is 222 g/mol. The standard InChI is InChI=1S/C8H8ClFO2S/c9-13(11,12)6-5-7-3-1-2-4-8(7)10/h1-4H,5-6H2. The van der Waals surface area contributed by atoms with E-state index in [1.807, 2.05) is 0 Å². The maximum atomic E-state index is 12.9. The van der Waals surface area contributed by atoms with E-state index in [1.165, 1.54) is 12.1 Å². The fourth-order valence-corrected chi connectivity index (χ4v) is 1.63.